The zero-order chi connectivity index (χ0) is 41.0. The van der Waals surface area contributed by atoms with E-state index in [2.05, 4.69) is 0 Å². The summed E-state index contributed by atoms with van der Waals surface area (Å²) in [5, 5.41) is 121. The number of carboxylic acids is 10. The SMILES string of the molecule is O=C(O)/C=C\C(=O)O.O=C(O)/C=C\C(=O)O.O=C(O)/C=C\C(=O)O.O=C(O)/C=C\C(=O)O.O=C(O)/C=C\C(=O)O.OC[C@@H](O)C(O)[C@@H](O)CO. The van der Waals surface area contributed by atoms with Gasteiger partial charge in [0, 0.05) is 60.8 Å². The Kier molecular flexibility index (Phi) is 40.8. The van der Waals surface area contributed by atoms with Crippen LogP contribution in [0, 0.1) is 0 Å². The van der Waals surface area contributed by atoms with E-state index in [0.29, 0.717) is 60.8 Å². The monoisotopic (exact) mass is 732 g/mol. The highest BCUT2D eigenvalue weighted by Gasteiger charge is 2.22. The topological polar surface area (TPSA) is 474 Å². The predicted octanol–water partition coefficient (Wildman–Crippen LogP) is -4.39. The lowest BCUT2D eigenvalue weighted by molar-refractivity contribution is -0.134. The Balaban J connectivity index is -0.000000116. The Labute approximate surface area is 277 Å². The van der Waals surface area contributed by atoms with Gasteiger partial charge >= 0.3 is 59.7 Å². The molecule has 0 amide bonds. The summed E-state index contributed by atoms with van der Waals surface area (Å²) in [4.78, 5) is 95.5. The summed E-state index contributed by atoms with van der Waals surface area (Å²) >= 11 is 0. The molecule has 0 aromatic heterocycles. The van der Waals surface area contributed by atoms with E-state index in [0.717, 1.165) is 0 Å². The van der Waals surface area contributed by atoms with Crippen molar-refractivity contribution in [1.29, 1.82) is 0 Å². The molecule has 1 unspecified atom stereocenters. The van der Waals surface area contributed by atoms with Crippen LogP contribution in [0.5, 0.6) is 0 Å². The zero-order valence-corrected chi connectivity index (χ0v) is 24.7. The first-order valence-electron chi connectivity index (χ1n) is 11.7. The van der Waals surface area contributed by atoms with Crippen LogP contribution in [0.1, 0.15) is 0 Å². The van der Waals surface area contributed by atoms with Gasteiger partial charge in [-0.3, -0.25) is 0 Å². The number of carbonyl (C=O) groups is 10. The molecule has 15 N–H and O–H groups in total. The van der Waals surface area contributed by atoms with Gasteiger partial charge < -0.3 is 76.6 Å². The molecule has 0 radical (unpaired) electrons. The summed E-state index contributed by atoms with van der Waals surface area (Å²) in [6, 6.07) is 0. The van der Waals surface area contributed by atoms with E-state index in [9.17, 15) is 47.9 Å². The Morgan fingerprint density at radius 2 is 0.400 bits per heavy atom. The Bertz CT molecular complexity index is 967. The van der Waals surface area contributed by atoms with Crippen LogP contribution >= 0.6 is 0 Å². The molecule has 0 fully saturated rings. The van der Waals surface area contributed by atoms with Gasteiger partial charge in [0.05, 0.1) is 13.2 Å². The van der Waals surface area contributed by atoms with Gasteiger partial charge in [-0.05, 0) is 0 Å². The Morgan fingerprint density at radius 3 is 0.460 bits per heavy atom. The van der Waals surface area contributed by atoms with Crippen LogP contribution in [-0.2, 0) is 47.9 Å². The maximum atomic E-state index is 9.55. The molecule has 0 heterocycles. The van der Waals surface area contributed by atoms with Crippen molar-refractivity contribution >= 4 is 59.7 Å². The lowest BCUT2D eigenvalue weighted by Crippen LogP contribution is -2.41. The van der Waals surface area contributed by atoms with Crippen molar-refractivity contribution in [3.8, 4) is 0 Å². The third kappa shape index (κ3) is 73.0. The first-order valence-corrected chi connectivity index (χ1v) is 11.7. The molecule has 0 bridgehead atoms. The van der Waals surface area contributed by atoms with Crippen molar-refractivity contribution in [2.75, 3.05) is 13.2 Å². The van der Waals surface area contributed by atoms with Crippen LogP contribution in [0.2, 0.25) is 0 Å². The highest BCUT2D eigenvalue weighted by Crippen LogP contribution is 1.98. The fraction of sp³-hybridized carbons (Fsp3) is 0.200. The molecule has 0 saturated carbocycles. The lowest BCUT2D eigenvalue weighted by Gasteiger charge is -2.19. The summed E-state index contributed by atoms with van der Waals surface area (Å²) < 4.78 is 0. The smallest absolute Gasteiger partial charge is 0.328 e. The van der Waals surface area contributed by atoms with Gasteiger partial charge in [-0.1, -0.05) is 0 Å². The van der Waals surface area contributed by atoms with E-state index in [1.54, 1.807) is 0 Å². The third-order valence-electron chi connectivity index (χ3n) is 3.01. The standard InChI is InChI=1S/C5H12O5.5C4H4O4/c6-1-3(8)5(10)4(9)2-7;5*5-3(6)1-2-4(7)8/h3-10H,1-2H2;5*1-2H,(H,5,6)(H,7,8)/b;5*2-1-/t3-,4+,5?;;;;;. The average Bonchev–Trinajstić information content (AvgIpc) is 3.00. The number of hydrogen-bond acceptors (Lipinski definition) is 15. The fourth-order valence-electron chi connectivity index (χ4n) is 1.19. The first-order chi connectivity index (χ1) is 22.8. The number of aliphatic carboxylic acids is 10. The number of rotatable bonds is 14. The Hall–Kier alpha value is -6.80. The molecule has 3 atom stereocenters. The van der Waals surface area contributed by atoms with Gasteiger partial charge in [-0.15, -0.1) is 0 Å². The van der Waals surface area contributed by atoms with Gasteiger partial charge in [-0.2, -0.15) is 0 Å². The van der Waals surface area contributed by atoms with Gasteiger partial charge in [0.2, 0.25) is 0 Å². The van der Waals surface area contributed by atoms with E-state index < -0.39 is 91.2 Å². The summed E-state index contributed by atoms with van der Waals surface area (Å²) in [5.41, 5.74) is 0. The van der Waals surface area contributed by atoms with Crippen LogP contribution in [0.4, 0.5) is 0 Å². The molecule has 0 aliphatic heterocycles. The van der Waals surface area contributed by atoms with Crippen molar-refractivity contribution in [2.45, 2.75) is 18.3 Å². The van der Waals surface area contributed by atoms with Crippen molar-refractivity contribution in [2.24, 2.45) is 0 Å². The minimum absolute atomic E-state index is 0.558. The summed E-state index contributed by atoms with van der Waals surface area (Å²) in [6.45, 7) is -1.28. The maximum absolute atomic E-state index is 9.55. The zero-order valence-electron chi connectivity index (χ0n) is 24.7. The van der Waals surface area contributed by atoms with E-state index >= 15 is 0 Å². The molecule has 0 aromatic rings. The normalized spacial score (nSPS) is 11.6. The molecule has 0 spiro atoms. The highest BCUT2D eigenvalue weighted by atomic mass is 16.4. The van der Waals surface area contributed by atoms with Gasteiger partial charge in [0.25, 0.3) is 0 Å². The van der Waals surface area contributed by atoms with Gasteiger partial charge in [-0.25, -0.2) is 47.9 Å². The van der Waals surface area contributed by atoms with E-state index in [1.807, 2.05) is 0 Å². The molecular formula is C25H32O25. The average molecular weight is 733 g/mol. The van der Waals surface area contributed by atoms with Gasteiger partial charge in [0.1, 0.15) is 18.3 Å². The Morgan fingerprint density at radius 1 is 0.300 bits per heavy atom. The molecule has 0 rings (SSSR count). The molecule has 0 aliphatic rings. The van der Waals surface area contributed by atoms with E-state index in [4.69, 9.17) is 76.6 Å². The molecule has 25 nitrogen and oxygen atoms in total. The van der Waals surface area contributed by atoms with Crippen molar-refractivity contribution in [3.63, 3.8) is 0 Å². The van der Waals surface area contributed by atoms with Crippen molar-refractivity contribution in [1.82, 2.24) is 0 Å². The number of aliphatic hydroxyl groups is 5. The van der Waals surface area contributed by atoms with Gasteiger partial charge in [0.15, 0.2) is 0 Å². The summed E-state index contributed by atoms with van der Waals surface area (Å²) in [5.74, 6) is -12.6. The third-order valence-corrected chi connectivity index (χ3v) is 3.01. The largest absolute Gasteiger partial charge is 0.478 e. The second kappa shape index (κ2) is 36.7. The number of aliphatic hydroxyl groups excluding tert-OH is 5. The van der Waals surface area contributed by atoms with Crippen molar-refractivity contribution < 1.29 is 125 Å². The second-order valence-electron chi connectivity index (χ2n) is 7.04. The molecule has 0 aliphatic carbocycles. The minimum Gasteiger partial charge on any atom is -0.478 e. The summed E-state index contributed by atoms with van der Waals surface area (Å²) in [7, 11) is 0. The second-order valence-corrected chi connectivity index (χ2v) is 7.04. The van der Waals surface area contributed by atoms with Crippen LogP contribution in [-0.4, -0.2) is 168 Å². The maximum Gasteiger partial charge on any atom is 0.328 e. The predicted molar refractivity (Wildman–Crippen MR) is 154 cm³/mol. The molecule has 282 valence electrons. The van der Waals surface area contributed by atoms with Crippen LogP contribution in [0.3, 0.4) is 0 Å². The molecule has 50 heavy (non-hydrogen) atoms. The molecular weight excluding hydrogens is 700 g/mol. The molecule has 25 heteroatoms. The van der Waals surface area contributed by atoms with Crippen molar-refractivity contribution in [3.05, 3.63) is 60.8 Å². The van der Waals surface area contributed by atoms with E-state index in [1.165, 1.54) is 0 Å². The molecule has 0 saturated heterocycles. The first kappa shape index (κ1) is 55.6. The lowest BCUT2D eigenvalue weighted by atomic mass is 10.1. The van der Waals surface area contributed by atoms with Crippen LogP contribution in [0.25, 0.3) is 0 Å². The molecule has 0 aromatic carbocycles. The quantitative estimate of drug-likeness (QED) is 0.0750. The van der Waals surface area contributed by atoms with Crippen LogP contribution < -0.4 is 0 Å². The number of carboxylic acid groups (broad SMARTS) is 10. The highest BCUT2D eigenvalue weighted by molar-refractivity contribution is 5.91. The fourth-order valence-corrected chi connectivity index (χ4v) is 1.19. The minimum atomic E-state index is -1.49. The van der Waals surface area contributed by atoms with E-state index in [-0.39, 0.29) is 0 Å². The van der Waals surface area contributed by atoms with Crippen LogP contribution in [0.15, 0.2) is 60.8 Å². The summed E-state index contributed by atoms with van der Waals surface area (Å²) in [6.07, 6.45) is 1.29. The number of hydrogen-bond donors (Lipinski definition) is 15.